The molecule has 0 aromatic heterocycles. The fraction of sp³-hybridized carbons (Fsp3) is 0.769. The second kappa shape index (κ2) is 3.22. The van der Waals surface area contributed by atoms with Gasteiger partial charge in [-0.2, -0.15) is 0 Å². The van der Waals surface area contributed by atoms with Gasteiger partial charge < -0.3 is 0 Å². The molecule has 3 aliphatic carbocycles. The number of allylic oxidation sites excluding steroid dienone is 2. The Morgan fingerprint density at radius 1 is 0.929 bits per heavy atom. The first-order valence-corrected chi connectivity index (χ1v) is 6.00. The highest BCUT2D eigenvalue weighted by Gasteiger charge is 2.51. The molecule has 0 saturated heterocycles. The minimum atomic E-state index is 0.721. The molecule has 76 valence electrons. The molecule has 1 nitrogen and oxygen atoms in total. The van der Waals surface area contributed by atoms with Gasteiger partial charge in [-0.15, -0.1) is 0 Å². The van der Waals surface area contributed by atoms with E-state index in [-0.39, 0.29) is 0 Å². The molecule has 2 bridgehead atoms. The largest absolute Gasteiger partial charge is 0.299 e. The van der Waals surface area contributed by atoms with Crippen molar-refractivity contribution < 1.29 is 4.79 Å². The summed E-state index contributed by atoms with van der Waals surface area (Å²) in [5.74, 6) is 4.88. The third kappa shape index (κ3) is 1.18. The average Bonchev–Trinajstić information content (AvgIpc) is 2.85. The van der Waals surface area contributed by atoms with Crippen molar-refractivity contribution in [2.75, 3.05) is 0 Å². The van der Waals surface area contributed by atoms with Gasteiger partial charge in [-0.1, -0.05) is 6.08 Å². The zero-order valence-electron chi connectivity index (χ0n) is 8.56. The van der Waals surface area contributed by atoms with Crippen molar-refractivity contribution in [2.45, 2.75) is 32.1 Å². The highest BCUT2D eigenvalue weighted by molar-refractivity contribution is 5.64. The van der Waals surface area contributed by atoms with Gasteiger partial charge in [0.2, 0.25) is 0 Å². The van der Waals surface area contributed by atoms with Crippen LogP contribution in [-0.4, -0.2) is 6.29 Å². The van der Waals surface area contributed by atoms with Crippen molar-refractivity contribution in [2.24, 2.45) is 29.6 Å². The highest BCUT2D eigenvalue weighted by atomic mass is 16.1. The Bertz CT molecular complexity index is 250. The predicted molar refractivity (Wildman–Crippen MR) is 55.7 cm³/mol. The van der Waals surface area contributed by atoms with E-state index >= 15 is 0 Å². The van der Waals surface area contributed by atoms with Crippen molar-refractivity contribution in [1.82, 2.24) is 0 Å². The van der Waals surface area contributed by atoms with E-state index in [0.717, 1.165) is 35.9 Å². The smallest absolute Gasteiger partial charge is 0.142 e. The highest BCUT2D eigenvalue weighted by Crippen LogP contribution is 2.60. The van der Waals surface area contributed by atoms with Gasteiger partial charge in [-0.25, -0.2) is 0 Å². The van der Waals surface area contributed by atoms with Gasteiger partial charge in [0.25, 0.3) is 0 Å². The first-order chi connectivity index (χ1) is 6.88. The molecule has 0 unspecified atom stereocenters. The molecular formula is C13H18O. The molecule has 3 fully saturated rings. The van der Waals surface area contributed by atoms with Crippen molar-refractivity contribution in [3.63, 3.8) is 0 Å². The molecule has 3 aliphatic rings. The van der Waals surface area contributed by atoms with Gasteiger partial charge in [0, 0.05) is 0 Å². The zero-order valence-corrected chi connectivity index (χ0v) is 8.56. The second-order valence-electron chi connectivity index (χ2n) is 5.41. The first-order valence-electron chi connectivity index (χ1n) is 6.00. The maximum absolute atomic E-state index is 10.3. The lowest BCUT2D eigenvalue weighted by Crippen LogP contribution is -2.15. The van der Waals surface area contributed by atoms with Crippen molar-refractivity contribution in [3.05, 3.63) is 12.2 Å². The van der Waals surface area contributed by atoms with Gasteiger partial charge in [0.1, 0.15) is 6.29 Å². The molecule has 4 atom stereocenters. The molecule has 0 aromatic carbocycles. The Balaban J connectivity index is 1.70. The van der Waals surface area contributed by atoms with Gasteiger partial charge in [0.05, 0.1) is 0 Å². The van der Waals surface area contributed by atoms with Crippen LogP contribution in [0.3, 0.4) is 0 Å². The number of aldehydes is 1. The van der Waals surface area contributed by atoms with Crippen LogP contribution in [0.1, 0.15) is 32.1 Å². The Kier molecular flexibility index (Phi) is 2.00. The molecule has 0 amide bonds. The Hall–Kier alpha value is -0.590. The summed E-state index contributed by atoms with van der Waals surface area (Å²) in [6, 6.07) is 0. The SMILES string of the molecule is O=CC=CC1C[C@@H]2[C@@H]3CC[C@H](C3)[C@H]2C1. The summed E-state index contributed by atoms with van der Waals surface area (Å²) in [6.45, 7) is 0. The predicted octanol–water partition coefficient (Wildman–Crippen LogP) is 2.81. The van der Waals surface area contributed by atoms with Gasteiger partial charge in [-0.05, 0) is 67.8 Å². The quantitative estimate of drug-likeness (QED) is 0.483. The molecule has 0 aliphatic heterocycles. The summed E-state index contributed by atoms with van der Waals surface area (Å²) in [5.41, 5.74) is 0. The summed E-state index contributed by atoms with van der Waals surface area (Å²) in [4.78, 5) is 10.3. The van der Waals surface area contributed by atoms with Crippen LogP contribution in [0.5, 0.6) is 0 Å². The molecule has 14 heavy (non-hydrogen) atoms. The van der Waals surface area contributed by atoms with E-state index in [1.54, 1.807) is 6.08 Å². The number of rotatable bonds is 2. The molecule has 1 heteroatoms. The second-order valence-corrected chi connectivity index (χ2v) is 5.41. The van der Waals surface area contributed by atoms with E-state index in [1.165, 1.54) is 32.1 Å². The lowest BCUT2D eigenvalue weighted by molar-refractivity contribution is -0.104. The standard InChI is InChI=1S/C13H18O/c14-5-1-2-9-6-12-10-3-4-11(8-10)13(12)7-9/h1-2,5,9-13H,3-4,6-8H2/t10-,11-,12-,13-/m1/s1. The summed E-state index contributed by atoms with van der Waals surface area (Å²) in [6.07, 6.45) is 12.0. The third-order valence-corrected chi connectivity index (χ3v) is 4.89. The topological polar surface area (TPSA) is 17.1 Å². The lowest BCUT2D eigenvalue weighted by Gasteiger charge is -2.23. The molecule has 0 heterocycles. The Morgan fingerprint density at radius 3 is 2.14 bits per heavy atom. The molecule has 3 rings (SSSR count). The number of hydrogen-bond acceptors (Lipinski definition) is 1. The molecule has 0 radical (unpaired) electrons. The summed E-state index contributed by atoms with van der Waals surface area (Å²) in [5, 5.41) is 0. The molecule has 0 spiro atoms. The van der Waals surface area contributed by atoms with Gasteiger partial charge in [0.15, 0.2) is 0 Å². The number of carbonyl (C=O) groups excluding carboxylic acids is 1. The van der Waals surface area contributed by atoms with E-state index < -0.39 is 0 Å². The van der Waals surface area contributed by atoms with Crippen molar-refractivity contribution in [1.29, 1.82) is 0 Å². The van der Waals surface area contributed by atoms with Crippen molar-refractivity contribution >= 4 is 6.29 Å². The van der Waals surface area contributed by atoms with E-state index in [1.807, 2.05) is 0 Å². The third-order valence-electron chi connectivity index (χ3n) is 4.89. The van der Waals surface area contributed by atoms with Crippen LogP contribution in [0.4, 0.5) is 0 Å². The fourth-order valence-corrected chi connectivity index (χ4v) is 4.42. The minimum absolute atomic E-state index is 0.721. The average molecular weight is 190 g/mol. The van der Waals surface area contributed by atoms with Crippen LogP contribution >= 0.6 is 0 Å². The van der Waals surface area contributed by atoms with Gasteiger partial charge in [-0.3, -0.25) is 4.79 Å². The van der Waals surface area contributed by atoms with Crippen LogP contribution < -0.4 is 0 Å². The number of hydrogen-bond donors (Lipinski definition) is 0. The summed E-state index contributed by atoms with van der Waals surface area (Å²) in [7, 11) is 0. The van der Waals surface area contributed by atoms with Crippen LogP contribution in [0.2, 0.25) is 0 Å². The van der Waals surface area contributed by atoms with Crippen LogP contribution in [-0.2, 0) is 4.79 Å². The summed E-state index contributed by atoms with van der Waals surface area (Å²) < 4.78 is 0. The Labute approximate surface area is 85.6 Å². The lowest BCUT2D eigenvalue weighted by atomic mass is 9.82. The monoisotopic (exact) mass is 190 g/mol. The van der Waals surface area contributed by atoms with Gasteiger partial charge >= 0.3 is 0 Å². The normalized spacial score (nSPS) is 46.3. The molecular weight excluding hydrogens is 172 g/mol. The first kappa shape index (κ1) is 8.70. The van der Waals surface area contributed by atoms with E-state index in [4.69, 9.17) is 0 Å². The molecule has 3 saturated carbocycles. The maximum Gasteiger partial charge on any atom is 0.142 e. The van der Waals surface area contributed by atoms with E-state index in [2.05, 4.69) is 6.08 Å². The zero-order chi connectivity index (χ0) is 9.54. The van der Waals surface area contributed by atoms with E-state index in [9.17, 15) is 4.79 Å². The van der Waals surface area contributed by atoms with E-state index in [0.29, 0.717) is 0 Å². The summed E-state index contributed by atoms with van der Waals surface area (Å²) >= 11 is 0. The number of fused-ring (bicyclic) bond motifs is 5. The van der Waals surface area contributed by atoms with Crippen molar-refractivity contribution in [3.8, 4) is 0 Å². The van der Waals surface area contributed by atoms with Crippen LogP contribution in [0, 0.1) is 29.6 Å². The van der Waals surface area contributed by atoms with Crippen LogP contribution in [0.25, 0.3) is 0 Å². The fourth-order valence-electron chi connectivity index (χ4n) is 4.42. The molecule has 0 N–H and O–H groups in total. The molecule has 0 aromatic rings. The number of carbonyl (C=O) groups is 1. The maximum atomic E-state index is 10.3. The Morgan fingerprint density at radius 2 is 1.57 bits per heavy atom. The van der Waals surface area contributed by atoms with Crippen LogP contribution in [0.15, 0.2) is 12.2 Å². The minimum Gasteiger partial charge on any atom is -0.299 e.